The molecule has 1 N–H and O–H groups in total. The first kappa shape index (κ1) is 29.8. The molecule has 39 heavy (non-hydrogen) atoms. The number of alkyl halides is 3. The van der Waals surface area contributed by atoms with Gasteiger partial charge in [-0.2, -0.15) is 13.2 Å². The second kappa shape index (κ2) is 10.4. The second-order valence-electron chi connectivity index (χ2n) is 12.2. The predicted molar refractivity (Wildman–Crippen MR) is 146 cm³/mol. The highest BCUT2D eigenvalue weighted by Crippen LogP contribution is 2.47. The van der Waals surface area contributed by atoms with Crippen LogP contribution in [-0.2, 0) is 17.0 Å². The molecule has 0 bridgehead atoms. The van der Waals surface area contributed by atoms with E-state index in [2.05, 4.69) is 44.8 Å². The Morgan fingerprint density at radius 1 is 0.795 bits per heavy atom. The molecule has 0 radical (unpaired) electrons. The largest absolute Gasteiger partial charge is 0.505 e. The lowest BCUT2D eigenvalue weighted by atomic mass is 9.70. The molecule has 6 nitrogen and oxygen atoms in total. The molecule has 0 saturated heterocycles. The molecule has 3 aromatic carbocycles. The molecule has 3 aromatic rings. The Kier molecular flexibility index (Phi) is 7.97. The van der Waals surface area contributed by atoms with E-state index in [4.69, 9.17) is 0 Å². The molecule has 0 aromatic heterocycles. The van der Waals surface area contributed by atoms with Gasteiger partial charge in [-0.3, -0.25) is 10.1 Å². The van der Waals surface area contributed by atoms with Gasteiger partial charge in [0.2, 0.25) is 0 Å². The molecule has 0 atom stereocenters. The number of azo groups is 1. The molecule has 3 rings (SSSR count). The van der Waals surface area contributed by atoms with Gasteiger partial charge < -0.3 is 5.11 Å². The van der Waals surface area contributed by atoms with Crippen LogP contribution in [0, 0.1) is 15.5 Å². The monoisotopic (exact) mass is 541 g/mol. The number of hydrogen-bond acceptors (Lipinski definition) is 5. The smallest absolute Gasteiger partial charge is 0.416 e. The van der Waals surface area contributed by atoms with Gasteiger partial charge in [0.15, 0.2) is 5.69 Å². The third-order valence-corrected chi connectivity index (χ3v) is 6.78. The third kappa shape index (κ3) is 6.82. The zero-order valence-electron chi connectivity index (χ0n) is 23.2. The van der Waals surface area contributed by atoms with Crippen LogP contribution in [0.25, 0.3) is 0 Å². The molecular formula is C30H34F3N3O3. The van der Waals surface area contributed by atoms with Crippen molar-refractivity contribution in [2.24, 2.45) is 15.6 Å². The normalized spacial score (nSPS) is 13.2. The molecule has 0 aliphatic heterocycles. The number of rotatable bonds is 7. The van der Waals surface area contributed by atoms with Gasteiger partial charge in [0, 0.05) is 17.0 Å². The van der Waals surface area contributed by atoms with Gasteiger partial charge in [0.05, 0.1) is 10.5 Å². The molecule has 9 heteroatoms. The Morgan fingerprint density at radius 2 is 1.38 bits per heavy atom. The van der Waals surface area contributed by atoms with Crippen molar-refractivity contribution in [3.63, 3.8) is 0 Å². The third-order valence-electron chi connectivity index (χ3n) is 6.78. The van der Waals surface area contributed by atoms with E-state index in [1.807, 2.05) is 50.2 Å². The van der Waals surface area contributed by atoms with Gasteiger partial charge in [0.1, 0.15) is 11.4 Å². The number of halogens is 3. The number of hydrogen-bond donors (Lipinski definition) is 1. The summed E-state index contributed by atoms with van der Waals surface area (Å²) in [6.45, 7) is 14.5. The van der Waals surface area contributed by atoms with Gasteiger partial charge in [0.25, 0.3) is 5.69 Å². The van der Waals surface area contributed by atoms with Crippen molar-refractivity contribution in [2.45, 2.75) is 71.9 Å². The quantitative estimate of drug-likeness (QED) is 0.183. The van der Waals surface area contributed by atoms with Gasteiger partial charge in [-0.05, 0) is 46.6 Å². The molecule has 0 aliphatic rings. The van der Waals surface area contributed by atoms with Gasteiger partial charge in [-0.25, -0.2) is 0 Å². The summed E-state index contributed by atoms with van der Waals surface area (Å²) in [5, 5.41) is 31.0. The maximum absolute atomic E-state index is 13.1. The zero-order valence-corrected chi connectivity index (χ0v) is 23.2. The van der Waals surface area contributed by atoms with Crippen molar-refractivity contribution in [3.8, 4) is 5.75 Å². The maximum atomic E-state index is 13.1. The highest BCUT2D eigenvalue weighted by atomic mass is 19.4. The Labute approximate surface area is 226 Å². The molecule has 0 heterocycles. The van der Waals surface area contributed by atoms with Crippen LogP contribution in [0.1, 0.15) is 77.1 Å². The number of phenolic OH excluding ortho intramolecular Hbond substituents is 1. The van der Waals surface area contributed by atoms with Crippen molar-refractivity contribution >= 4 is 17.1 Å². The summed E-state index contributed by atoms with van der Waals surface area (Å²) in [6, 6.07) is 15.3. The topological polar surface area (TPSA) is 88.1 Å². The summed E-state index contributed by atoms with van der Waals surface area (Å²) in [5.74, 6) is -0.155. The zero-order chi connectivity index (χ0) is 29.4. The highest BCUT2D eigenvalue weighted by Gasteiger charge is 2.34. The number of benzene rings is 3. The second-order valence-corrected chi connectivity index (χ2v) is 12.2. The minimum Gasteiger partial charge on any atom is -0.505 e. The fourth-order valence-electron chi connectivity index (χ4n) is 5.04. The minimum absolute atomic E-state index is 0.0149. The summed E-state index contributed by atoms with van der Waals surface area (Å²) in [6.07, 6.45) is -3.94. The maximum Gasteiger partial charge on any atom is 0.416 e. The molecule has 208 valence electrons. The lowest BCUT2D eigenvalue weighted by molar-refractivity contribution is -0.384. The highest BCUT2D eigenvalue weighted by molar-refractivity contribution is 5.63. The van der Waals surface area contributed by atoms with Gasteiger partial charge >= 0.3 is 6.18 Å². The lowest BCUT2D eigenvalue weighted by Crippen LogP contribution is -2.26. The first-order valence-electron chi connectivity index (χ1n) is 12.5. The number of phenols is 1. The number of nitro groups is 1. The van der Waals surface area contributed by atoms with E-state index in [1.54, 1.807) is 6.07 Å². The summed E-state index contributed by atoms with van der Waals surface area (Å²) in [4.78, 5) is 10.6. The van der Waals surface area contributed by atoms with Crippen molar-refractivity contribution in [1.82, 2.24) is 0 Å². The molecule has 0 fully saturated rings. The number of aromatic hydroxyl groups is 1. The summed E-state index contributed by atoms with van der Waals surface area (Å²) in [5.41, 5.74) is -0.864. The minimum atomic E-state index is -4.75. The SMILES string of the molecule is CC(C)(C)CC(C)(C)c1cc(N=Nc2ccc(C(F)(F)F)cc2[N+](=O)[O-])c(O)c(C(C)(C)c2ccccc2)c1. The molecule has 0 unspecified atom stereocenters. The fourth-order valence-corrected chi connectivity index (χ4v) is 5.04. The standard InChI is InChI=1S/C30H34F3N3O3/c1-27(2,3)18-28(4,5)21-15-22(29(6,7)19-11-9-8-10-12-19)26(37)24(16-21)35-34-23-14-13-20(30(31,32)33)17-25(23)36(38)39/h8-17,37H,18H2,1-7H3. The van der Waals surface area contributed by atoms with Crippen LogP contribution in [0.3, 0.4) is 0 Å². The van der Waals surface area contributed by atoms with E-state index in [1.165, 1.54) is 0 Å². The molecular weight excluding hydrogens is 507 g/mol. The molecule has 0 amide bonds. The Bertz CT molecular complexity index is 1390. The average molecular weight is 542 g/mol. The number of nitrogens with zero attached hydrogens (tertiary/aromatic N) is 3. The van der Waals surface area contributed by atoms with Crippen molar-refractivity contribution in [1.29, 1.82) is 0 Å². The molecule has 0 aliphatic carbocycles. The van der Waals surface area contributed by atoms with Crippen molar-refractivity contribution < 1.29 is 23.2 Å². The van der Waals surface area contributed by atoms with E-state index in [-0.39, 0.29) is 28.0 Å². The van der Waals surface area contributed by atoms with Crippen LogP contribution in [0.15, 0.2) is 70.9 Å². The van der Waals surface area contributed by atoms with E-state index >= 15 is 0 Å². The Balaban J connectivity index is 2.23. The van der Waals surface area contributed by atoms with Gasteiger partial charge in [-0.15, -0.1) is 10.2 Å². The Morgan fingerprint density at radius 3 is 1.92 bits per heavy atom. The first-order chi connectivity index (χ1) is 17.8. The number of nitro benzene ring substituents is 1. The first-order valence-corrected chi connectivity index (χ1v) is 12.5. The van der Waals surface area contributed by atoms with Crippen LogP contribution < -0.4 is 0 Å². The van der Waals surface area contributed by atoms with Crippen LogP contribution in [0.5, 0.6) is 5.75 Å². The van der Waals surface area contributed by atoms with Crippen molar-refractivity contribution in [2.75, 3.05) is 0 Å². The van der Waals surface area contributed by atoms with E-state index in [0.717, 1.165) is 23.6 Å². The van der Waals surface area contributed by atoms with Crippen LogP contribution in [0.2, 0.25) is 0 Å². The molecule has 0 spiro atoms. The van der Waals surface area contributed by atoms with Crippen LogP contribution >= 0.6 is 0 Å². The average Bonchev–Trinajstić information content (AvgIpc) is 2.81. The molecule has 0 saturated carbocycles. The lowest BCUT2D eigenvalue weighted by Gasteiger charge is -2.35. The summed E-state index contributed by atoms with van der Waals surface area (Å²) in [7, 11) is 0. The summed E-state index contributed by atoms with van der Waals surface area (Å²) >= 11 is 0. The Hall–Kier alpha value is -3.75. The fraction of sp³-hybridized carbons (Fsp3) is 0.400. The van der Waals surface area contributed by atoms with E-state index in [0.29, 0.717) is 17.7 Å². The van der Waals surface area contributed by atoms with Crippen LogP contribution in [-0.4, -0.2) is 10.0 Å². The van der Waals surface area contributed by atoms with Gasteiger partial charge in [-0.1, -0.05) is 84.9 Å². The summed E-state index contributed by atoms with van der Waals surface area (Å²) < 4.78 is 39.4. The van der Waals surface area contributed by atoms with E-state index in [9.17, 15) is 28.4 Å². The van der Waals surface area contributed by atoms with Crippen molar-refractivity contribution in [3.05, 3.63) is 93.0 Å². The van der Waals surface area contributed by atoms with Crippen LogP contribution in [0.4, 0.5) is 30.2 Å². The van der Waals surface area contributed by atoms with E-state index < -0.39 is 27.8 Å². The predicted octanol–water partition coefficient (Wildman–Crippen LogP) is 9.77.